The molecule has 3 fully saturated rings. The fraction of sp³-hybridized carbons (Fsp3) is 1.00. The average molecular weight is 307 g/mol. The molecule has 0 amide bonds. The van der Waals surface area contributed by atoms with Crippen molar-refractivity contribution in [1.29, 1.82) is 0 Å². The summed E-state index contributed by atoms with van der Waals surface area (Å²) in [5, 5.41) is 3.72. The van der Waals surface area contributed by atoms with Crippen LogP contribution in [0.15, 0.2) is 0 Å². The Morgan fingerprint density at radius 1 is 0.636 bits per heavy atom. The molecule has 1 N–H and O–H groups in total. The molecule has 0 spiro atoms. The Kier molecular flexibility index (Phi) is 7.07. The minimum Gasteiger partial charge on any atom is -0.314 e. The van der Waals surface area contributed by atoms with Crippen molar-refractivity contribution in [3.8, 4) is 0 Å². The van der Waals surface area contributed by atoms with Crippen LogP contribution in [-0.2, 0) is 0 Å². The van der Waals surface area contributed by atoms with Crippen molar-refractivity contribution in [2.45, 2.75) is 102 Å². The van der Waals surface area contributed by atoms with Crippen LogP contribution >= 0.6 is 0 Å². The molecule has 0 aromatic carbocycles. The molecule has 128 valence electrons. The zero-order valence-corrected chi connectivity index (χ0v) is 14.7. The SMILES string of the molecule is C1CCCC(C2CNCCN2C2CCCCCCC2)CCC1. The Labute approximate surface area is 138 Å². The van der Waals surface area contributed by atoms with Gasteiger partial charge < -0.3 is 5.32 Å². The zero-order valence-electron chi connectivity index (χ0n) is 14.7. The molecule has 3 rings (SSSR count). The fourth-order valence-electron chi connectivity index (χ4n) is 5.27. The fourth-order valence-corrected chi connectivity index (χ4v) is 5.27. The van der Waals surface area contributed by atoms with E-state index in [4.69, 9.17) is 0 Å². The second kappa shape index (κ2) is 9.27. The van der Waals surface area contributed by atoms with Crippen molar-refractivity contribution in [3.63, 3.8) is 0 Å². The van der Waals surface area contributed by atoms with E-state index in [0.29, 0.717) is 0 Å². The predicted molar refractivity (Wildman–Crippen MR) is 95.3 cm³/mol. The monoisotopic (exact) mass is 306 g/mol. The highest BCUT2D eigenvalue weighted by Gasteiger charge is 2.33. The lowest BCUT2D eigenvalue weighted by Gasteiger charge is -2.46. The maximum absolute atomic E-state index is 3.72. The molecule has 1 saturated heterocycles. The van der Waals surface area contributed by atoms with Crippen LogP contribution in [0.5, 0.6) is 0 Å². The summed E-state index contributed by atoms with van der Waals surface area (Å²) < 4.78 is 0. The third kappa shape index (κ3) is 4.71. The van der Waals surface area contributed by atoms with E-state index < -0.39 is 0 Å². The number of hydrogen-bond donors (Lipinski definition) is 1. The Balaban J connectivity index is 1.63. The second-order valence-corrected chi connectivity index (χ2v) is 8.11. The lowest BCUT2D eigenvalue weighted by molar-refractivity contribution is 0.0458. The van der Waals surface area contributed by atoms with Gasteiger partial charge in [0.1, 0.15) is 0 Å². The maximum Gasteiger partial charge on any atom is 0.0252 e. The lowest BCUT2D eigenvalue weighted by atomic mass is 9.83. The van der Waals surface area contributed by atoms with Gasteiger partial charge in [-0.1, -0.05) is 64.2 Å². The van der Waals surface area contributed by atoms with E-state index in [-0.39, 0.29) is 0 Å². The molecule has 0 aromatic heterocycles. The molecule has 2 aliphatic carbocycles. The first-order valence-corrected chi connectivity index (χ1v) is 10.4. The summed E-state index contributed by atoms with van der Waals surface area (Å²) in [6, 6.07) is 1.74. The van der Waals surface area contributed by atoms with E-state index in [0.717, 1.165) is 18.0 Å². The maximum atomic E-state index is 3.72. The number of nitrogens with one attached hydrogen (secondary N) is 1. The van der Waals surface area contributed by atoms with Crippen LogP contribution in [0.3, 0.4) is 0 Å². The molecule has 3 aliphatic rings. The number of piperazine rings is 1. The van der Waals surface area contributed by atoms with Gasteiger partial charge >= 0.3 is 0 Å². The van der Waals surface area contributed by atoms with Gasteiger partial charge in [-0.25, -0.2) is 0 Å². The van der Waals surface area contributed by atoms with Crippen LogP contribution in [0.1, 0.15) is 89.9 Å². The predicted octanol–water partition coefficient (Wildman–Crippen LogP) is 4.73. The first-order chi connectivity index (χ1) is 10.9. The molecule has 22 heavy (non-hydrogen) atoms. The number of rotatable bonds is 2. The molecule has 2 nitrogen and oxygen atoms in total. The quantitative estimate of drug-likeness (QED) is 0.793. The highest BCUT2D eigenvalue weighted by atomic mass is 15.2. The first-order valence-electron chi connectivity index (χ1n) is 10.4. The highest BCUT2D eigenvalue weighted by Crippen LogP contribution is 2.31. The van der Waals surface area contributed by atoms with Crippen LogP contribution in [0.2, 0.25) is 0 Å². The Morgan fingerprint density at radius 3 is 1.82 bits per heavy atom. The van der Waals surface area contributed by atoms with E-state index in [9.17, 15) is 0 Å². The minimum absolute atomic E-state index is 0.844. The first kappa shape index (κ1) is 16.8. The number of nitrogens with zero attached hydrogens (tertiary/aromatic N) is 1. The third-order valence-corrected chi connectivity index (χ3v) is 6.56. The van der Waals surface area contributed by atoms with Gasteiger partial charge in [0.15, 0.2) is 0 Å². The number of hydrogen-bond acceptors (Lipinski definition) is 2. The van der Waals surface area contributed by atoms with Crippen LogP contribution in [0.4, 0.5) is 0 Å². The molecule has 0 bridgehead atoms. The molecular formula is C20H38N2. The summed E-state index contributed by atoms with van der Waals surface area (Å²) in [4.78, 5) is 2.98. The van der Waals surface area contributed by atoms with Crippen molar-refractivity contribution in [3.05, 3.63) is 0 Å². The Hall–Kier alpha value is -0.0800. The van der Waals surface area contributed by atoms with Crippen molar-refractivity contribution < 1.29 is 0 Å². The molecule has 0 radical (unpaired) electrons. The van der Waals surface area contributed by atoms with Gasteiger partial charge in [0.05, 0.1) is 0 Å². The van der Waals surface area contributed by atoms with Gasteiger partial charge in [0.2, 0.25) is 0 Å². The Morgan fingerprint density at radius 2 is 1.18 bits per heavy atom. The summed E-state index contributed by atoms with van der Waals surface area (Å²) in [5.74, 6) is 0.971. The summed E-state index contributed by atoms with van der Waals surface area (Å²) in [6.07, 6.45) is 20.8. The topological polar surface area (TPSA) is 15.3 Å². The average Bonchev–Trinajstić information content (AvgIpc) is 2.47. The molecule has 1 aliphatic heterocycles. The van der Waals surface area contributed by atoms with Gasteiger partial charge in [-0.2, -0.15) is 0 Å². The van der Waals surface area contributed by atoms with Crippen molar-refractivity contribution in [2.24, 2.45) is 5.92 Å². The minimum atomic E-state index is 0.844. The molecule has 1 atom stereocenters. The summed E-state index contributed by atoms with van der Waals surface area (Å²) >= 11 is 0. The van der Waals surface area contributed by atoms with Gasteiger partial charge in [-0.05, 0) is 31.6 Å². The summed E-state index contributed by atoms with van der Waals surface area (Å²) in [5.41, 5.74) is 0. The molecule has 1 unspecified atom stereocenters. The van der Waals surface area contributed by atoms with Crippen LogP contribution in [0.25, 0.3) is 0 Å². The third-order valence-electron chi connectivity index (χ3n) is 6.56. The molecule has 2 heteroatoms. The van der Waals surface area contributed by atoms with Crippen molar-refractivity contribution in [1.82, 2.24) is 10.2 Å². The van der Waals surface area contributed by atoms with E-state index in [1.165, 1.54) is 110 Å². The largest absolute Gasteiger partial charge is 0.314 e. The van der Waals surface area contributed by atoms with Crippen LogP contribution in [-0.4, -0.2) is 36.6 Å². The van der Waals surface area contributed by atoms with Crippen molar-refractivity contribution in [2.75, 3.05) is 19.6 Å². The van der Waals surface area contributed by atoms with Crippen LogP contribution in [0, 0.1) is 5.92 Å². The van der Waals surface area contributed by atoms with Gasteiger partial charge in [-0.3, -0.25) is 4.90 Å². The van der Waals surface area contributed by atoms with Crippen molar-refractivity contribution >= 4 is 0 Å². The van der Waals surface area contributed by atoms with E-state index in [1.807, 2.05) is 0 Å². The van der Waals surface area contributed by atoms with Gasteiger partial charge in [0, 0.05) is 31.7 Å². The summed E-state index contributed by atoms with van der Waals surface area (Å²) in [7, 11) is 0. The smallest absolute Gasteiger partial charge is 0.0252 e. The molecular weight excluding hydrogens is 268 g/mol. The van der Waals surface area contributed by atoms with E-state index in [1.54, 1.807) is 0 Å². The van der Waals surface area contributed by atoms with E-state index in [2.05, 4.69) is 10.2 Å². The second-order valence-electron chi connectivity index (χ2n) is 8.11. The molecule has 1 heterocycles. The van der Waals surface area contributed by atoms with Gasteiger partial charge in [-0.15, -0.1) is 0 Å². The van der Waals surface area contributed by atoms with E-state index >= 15 is 0 Å². The lowest BCUT2D eigenvalue weighted by Crippen LogP contribution is -2.58. The normalized spacial score (nSPS) is 31.9. The molecule has 0 aromatic rings. The molecule has 2 saturated carbocycles. The van der Waals surface area contributed by atoms with Gasteiger partial charge in [0.25, 0.3) is 0 Å². The summed E-state index contributed by atoms with van der Waals surface area (Å²) in [6.45, 7) is 3.80. The Bertz CT molecular complexity index is 258. The highest BCUT2D eigenvalue weighted by molar-refractivity contribution is 4.90. The standard InChI is InChI=1S/C20H38N2/c1-3-7-11-18(12-8-4-1)20-17-21-15-16-22(20)19-13-9-5-2-6-10-14-19/h18-21H,1-17H2. The zero-order chi connectivity index (χ0) is 15.0. The van der Waals surface area contributed by atoms with Crippen LogP contribution < -0.4 is 5.32 Å².